The van der Waals surface area contributed by atoms with E-state index >= 15 is 0 Å². The third-order valence-electron chi connectivity index (χ3n) is 5.48. The zero-order valence-corrected chi connectivity index (χ0v) is 20.4. The summed E-state index contributed by atoms with van der Waals surface area (Å²) in [4.78, 5) is 20.2. The molecule has 3 N–H and O–H groups in total. The standard InChI is InChI=1S/C26H19Cl2F3N4O2/c27-19-12-11-17(13-20(19)28)33-25-32-14-18(26(29,30)31)23(35-25)34-22(24(36)37)21(15-7-3-1-4-8-15)16-9-5-2-6-10-16/h1-14,21-22H,(H,36,37)(H2,32,33,34,35). The normalized spacial score (nSPS) is 12.3. The van der Waals surface area contributed by atoms with Gasteiger partial charge in [0.15, 0.2) is 0 Å². The van der Waals surface area contributed by atoms with Crippen LogP contribution in [0.15, 0.2) is 85.1 Å². The van der Waals surface area contributed by atoms with Crippen LogP contribution in [-0.4, -0.2) is 27.1 Å². The van der Waals surface area contributed by atoms with Crippen molar-refractivity contribution < 1.29 is 23.1 Å². The van der Waals surface area contributed by atoms with Gasteiger partial charge in [-0.25, -0.2) is 9.78 Å². The number of aliphatic carboxylic acids is 1. The molecule has 6 nitrogen and oxygen atoms in total. The SMILES string of the molecule is O=C(O)C(Nc1nc(Nc2ccc(Cl)c(Cl)c2)ncc1C(F)(F)F)C(c1ccccc1)c1ccccc1. The molecule has 1 aromatic heterocycles. The lowest BCUT2D eigenvalue weighted by atomic mass is 9.85. The van der Waals surface area contributed by atoms with Gasteiger partial charge in [-0.05, 0) is 29.3 Å². The van der Waals surface area contributed by atoms with E-state index in [4.69, 9.17) is 23.2 Å². The molecule has 0 aliphatic heterocycles. The highest BCUT2D eigenvalue weighted by atomic mass is 35.5. The average molecular weight is 547 g/mol. The van der Waals surface area contributed by atoms with Crippen molar-refractivity contribution in [2.24, 2.45) is 0 Å². The van der Waals surface area contributed by atoms with Gasteiger partial charge in [0.25, 0.3) is 0 Å². The Bertz CT molecular complexity index is 1350. The number of carboxylic acid groups (broad SMARTS) is 1. The molecule has 0 spiro atoms. The molecule has 0 aliphatic carbocycles. The van der Waals surface area contributed by atoms with E-state index in [0.717, 1.165) is 0 Å². The molecule has 0 bridgehead atoms. The largest absolute Gasteiger partial charge is 0.480 e. The van der Waals surface area contributed by atoms with Crippen LogP contribution in [0.4, 0.5) is 30.6 Å². The first-order valence-corrected chi connectivity index (χ1v) is 11.6. The lowest BCUT2D eigenvalue weighted by molar-refractivity contribution is -0.139. The fraction of sp³-hybridized carbons (Fsp3) is 0.115. The van der Waals surface area contributed by atoms with Crippen LogP contribution in [0.5, 0.6) is 0 Å². The third kappa shape index (κ3) is 6.31. The van der Waals surface area contributed by atoms with Gasteiger partial charge in [-0.1, -0.05) is 83.9 Å². The van der Waals surface area contributed by atoms with E-state index in [1.807, 2.05) is 0 Å². The Morgan fingerprint density at radius 3 is 2.00 bits per heavy atom. The zero-order chi connectivity index (χ0) is 26.6. The number of alkyl halides is 3. The lowest BCUT2D eigenvalue weighted by Gasteiger charge is -2.27. The number of rotatable bonds is 8. The quantitative estimate of drug-likeness (QED) is 0.216. The Morgan fingerprint density at radius 1 is 0.892 bits per heavy atom. The number of hydrogen-bond acceptors (Lipinski definition) is 5. The van der Waals surface area contributed by atoms with E-state index < -0.39 is 35.5 Å². The van der Waals surface area contributed by atoms with Crippen molar-refractivity contribution in [3.05, 3.63) is 112 Å². The molecule has 0 amide bonds. The first-order chi connectivity index (χ1) is 17.6. The van der Waals surface area contributed by atoms with Crippen LogP contribution in [0.2, 0.25) is 10.0 Å². The van der Waals surface area contributed by atoms with E-state index in [-0.39, 0.29) is 11.0 Å². The average Bonchev–Trinajstić information content (AvgIpc) is 2.86. The topological polar surface area (TPSA) is 87.1 Å². The van der Waals surface area contributed by atoms with Gasteiger partial charge in [0.2, 0.25) is 5.95 Å². The molecule has 1 unspecified atom stereocenters. The van der Waals surface area contributed by atoms with Crippen LogP contribution in [0, 0.1) is 0 Å². The summed E-state index contributed by atoms with van der Waals surface area (Å²) >= 11 is 11.9. The number of nitrogens with one attached hydrogen (secondary N) is 2. The summed E-state index contributed by atoms with van der Waals surface area (Å²) in [5, 5.41) is 16.0. The Labute approximate surface area is 220 Å². The second kappa shape index (κ2) is 11.1. The molecule has 0 aliphatic rings. The molecule has 190 valence electrons. The summed E-state index contributed by atoms with van der Waals surface area (Å²) in [5.74, 6) is -3.07. The molecule has 0 radical (unpaired) electrons. The first kappa shape index (κ1) is 26.2. The summed E-state index contributed by atoms with van der Waals surface area (Å²) in [5.41, 5.74) is 0.371. The maximum absolute atomic E-state index is 13.9. The minimum Gasteiger partial charge on any atom is -0.480 e. The lowest BCUT2D eigenvalue weighted by Crippen LogP contribution is -2.37. The number of carboxylic acids is 1. The Morgan fingerprint density at radius 2 is 1.49 bits per heavy atom. The summed E-state index contributed by atoms with van der Waals surface area (Å²) in [6.45, 7) is 0. The van der Waals surface area contributed by atoms with Gasteiger partial charge in [0.05, 0.1) is 10.0 Å². The van der Waals surface area contributed by atoms with Crippen LogP contribution >= 0.6 is 23.2 Å². The molecule has 4 aromatic rings. The van der Waals surface area contributed by atoms with Crippen molar-refractivity contribution in [3.8, 4) is 0 Å². The minimum atomic E-state index is -4.84. The molecule has 1 atom stereocenters. The van der Waals surface area contributed by atoms with Crippen molar-refractivity contribution in [1.82, 2.24) is 9.97 Å². The molecule has 0 fully saturated rings. The number of aromatic nitrogens is 2. The van der Waals surface area contributed by atoms with Gasteiger partial charge in [-0.3, -0.25) is 0 Å². The Balaban J connectivity index is 1.77. The molecular formula is C26H19Cl2F3N4O2. The van der Waals surface area contributed by atoms with Gasteiger partial charge in [0.1, 0.15) is 17.4 Å². The number of carbonyl (C=O) groups is 1. The number of benzene rings is 3. The number of hydrogen-bond donors (Lipinski definition) is 3. The predicted octanol–water partition coefficient (Wildman–Crippen LogP) is 7.24. The maximum Gasteiger partial charge on any atom is 0.421 e. The minimum absolute atomic E-state index is 0.200. The molecule has 0 saturated carbocycles. The number of nitrogens with zero attached hydrogens (tertiary/aromatic N) is 2. The fourth-order valence-electron chi connectivity index (χ4n) is 3.80. The van der Waals surface area contributed by atoms with E-state index in [0.29, 0.717) is 28.0 Å². The molecule has 11 heteroatoms. The zero-order valence-electron chi connectivity index (χ0n) is 18.9. The molecule has 37 heavy (non-hydrogen) atoms. The fourth-order valence-corrected chi connectivity index (χ4v) is 4.09. The van der Waals surface area contributed by atoms with Crippen LogP contribution in [0.25, 0.3) is 0 Å². The predicted molar refractivity (Wildman–Crippen MR) is 137 cm³/mol. The van der Waals surface area contributed by atoms with Crippen LogP contribution < -0.4 is 10.6 Å². The van der Waals surface area contributed by atoms with Gasteiger partial charge >= 0.3 is 12.1 Å². The smallest absolute Gasteiger partial charge is 0.421 e. The Hall–Kier alpha value is -3.82. The summed E-state index contributed by atoms with van der Waals surface area (Å²) in [6.07, 6.45) is -4.25. The van der Waals surface area contributed by atoms with E-state index in [1.54, 1.807) is 66.7 Å². The van der Waals surface area contributed by atoms with Crippen molar-refractivity contribution in [2.45, 2.75) is 18.1 Å². The highest BCUT2D eigenvalue weighted by Gasteiger charge is 2.38. The summed E-state index contributed by atoms with van der Waals surface area (Å²) < 4.78 is 41.6. The number of halogens is 5. The second-order valence-electron chi connectivity index (χ2n) is 7.97. The van der Waals surface area contributed by atoms with E-state index in [2.05, 4.69) is 20.6 Å². The van der Waals surface area contributed by atoms with Crippen molar-refractivity contribution in [1.29, 1.82) is 0 Å². The Kier molecular flexibility index (Phi) is 7.85. The molecule has 4 rings (SSSR count). The van der Waals surface area contributed by atoms with Gasteiger partial charge in [-0.15, -0.1) is 0 Å². The highest BCUT2D eigenvalue weighted by Crippen LogP contribution is 2.37. The molecule has 3 aromatic carbocycles. The highest BCUT2D eigenvalue weighted by molar-refractivity contribution is 6.42. The van der Waals surface area contributed by atoms with E-state index in [9.17, 15) is 23.1 Å². The van der Waals surface area contributed by atoms with E-state index in [1.165, 1.54) is 12.1 Å². The molecular weight excluding hydrogens is 528 g/mol. The molecule has 1 heterocycles. The van der Waals surface area contributed by atoms with Crippen molar-refractivity contribution in [2.75, 3.05) is 10.6 Å². The van der Waals surface area contributed by atoms with Gasteiger partial charge < -0.3 is 15.7 Å². The van der Waals surface area contributed by atoms with Crippen molar-refractivity contribution >= 4 is 46.6 Å². The van der Waals surface area contributed by atoms with Crippen molar-refractivity contribution in [3.63, 3.8) is 0 Å². The third-order valence-corrected chi connectivity index (χ3v) is 6.22. The maximum atomic E-state index is 13.9. The molecule has 0 saturated heterocycles. The van der Waals surface area contributed by atoms with Gasteiger partial charge in [0, 0.05) is 17.8 Å². The summed E-state index contributed by atoms with van der Waals surface area (Å²) in [7, 11) is 0. The monoisotopic (exact) mass is 546 g/mol. The van der Waals surface area contributed by atoms with Gasteiger partial charge in [-0.2, -0.15) is 18.2 Å². The first-order valence-electron chi connectivity index (χ1n) is 10.9. The summed E-state index contributed by atoms with van der Waals surface area (Å²) in [6, 6.07) is 20.3. The second-order valence-corrected chi connectivity index (χ2v) is 8.78. The van der Waals surface area contributed by atoms with Crippen LogP contribution in [-0.2, 0) is 11.0 Å². The van der Waals surface area contributed by atoms with Crippen LogP contribution in [0.3, 0.4) is 0 Å². The van der Waals surface area contributed by atoms with Crippen LogP contribution in [0.1, 0.15) is 22.6 Å². The number of anilines is 3.